The molecule has 0 aliphatic rings. The van der Waals surface area contributed by atoms with Gasteiger partial charge in [-0.2, -0.15) is 0 Å². The average Bonchev–Trinajstić information content (AvgIpc) is 2.46. The van der Waals surface area contributed by atoms with Crippen LogP contribution in [0.1, 0.15) is 45.1 Å². The summed E-state index contributed by atoms with van der Waals surface area (Å²) < 4.78 is 0. The molecule has 2 heteroatoms. The van der Waals surface area contributed by atoms with Gasteiger partial charge in [0, 0.05) is 18.8 Å². The summed E-state index contributed by atoms with van der Waals surface area (Å²) in [6.07, 6.45) is 9.08. The van der Waals surface area contributed by atoms with Crippen LogP contribution in [0.2, 0.25) is 0 Å². The fourth-order valence-corrected chi connectivity index (χ4v) is 2.01. The molecule has 0 saturated heterocycles. The van der Waals surface area contributed by atoms with Gasteiger partial charge in [-0.15, -0.1) is 0 Å². The first-order valence-electron chi connectivity index (χ1n) is 7.28. The lowest BCUT2D eigenvalue weighted by Gasteiger charge is -2.24. The second-order valence-corrected chi connectivity index (χ2v) is 4.78. The quantitative estimate of drug-likeness (QED) is 0.486. The highest BCUT2D eigenvalue weighted by Gasteiger charge is 2.04. The Labute approximate surface area is 117 Å². The summed E-state index contributed by atoms with van der Waals surface area (Å²) in [7, 11) is 0. The number of carbonyl (C=O) groups is 1. The Hall–Kier alpha value is -1.57. The van der Waals surface area contributed by atoms with E-state index in [9.17, 15) is 4.79 Å². The van der Waals surface area contributed by atoms with E-state index in [1.165, 1.54) is 37.4 Å². The van der Waals surface area contributed by atoms with Crippen LogP contribution in [-0.2, 0) is 4.79 Å². The predicted octanol–water partition coefficient (Wildman–Crippen LogP) is 4.31. The second kappa shape index (κ2) is 9.37. The molecule has 0 aromatic heterocycles. The van der Waals surface area contributed by atoms with Gasteiger partial charge in [0.1, 0.15) is 6.29 Å². The number of benzene rings is 1. The lowest BCUT2D eigenvalue weighted by Crippen LogP contribution is -2.25. The van der Waals surface area contributed by atoms with Crippen molar-refractivity contribution in [3.63, 3.8) is 0 Å². The molecule has 0 heterocycles. The van der Waals surface area contributed by atoms with E-state index >= 15 is 0 Å². The Bertz CT molecular complexity index is 373. The van der Waals surface area contributed by atoms with Gasteiger partial charge in [-0.05, 0) is 36.6 Å². The van der Waals surface area contributed by atoms with Crippen molar-refractivity contribution in [2.45, 2.75) is 39.5 Å². The highest BCUT2D eigenvalue weighted by atomic mass is 16.1. The molecule has 0 aliphatic heterocycles. The molecule has 1 aromatic carbocycles. The summed E-state index contributed by atoms with van der Waals surface area (Å²) in [5, 5.41) is 0. The summed E-state index contributed by atoms with van der Waals surface area (Å²) in [6, 6.07) is 8.44. The molecule has 0 radical (unpaired) electrons. The van der Waals surface area contributed by atoms with Gasteiger partial charge in [0.2, 0.25) is 0 Å². The Morgan fingerprint density at radius 3 is 2.05 bits per heavy atom. The Morgan fingerprint density at radius 1 is 1.00 bits per heavy atom. The van der Waals surface area contributed by atoms with Gasteiger partial charge in [0.15, 0.2) is 0 Å². The lowest BCUT2D eigenvalue weighted by atomic mass is 10.1. The van der Waals surface area contributed by atoms with Gasteiger partial charge in [0.25, 0.3) is 0 Å². The lowest BCUT2D eigenvalue weighted by molar-refractivity contribution is -0.104. The van der Waals surface area contributed by atoms with Crippen LogP contribution in [0.25, 0.3) is 6.08 Å². The summed E-state index contributed by atoms with van der Waals surface area (Å²) in [4.78, 5) is 12.8. The van der Waals surface area contributed by atoms with E-state index in [4.69, 9.17) is 0 Å². The van der Waals surface area contributed by atoms with E-state index < -0.39 is 0 Å². The third-order valence-corrected chi connectivity index (χ3v) is 3.19. The smallest absolute Gasteiger partial charge is 0.142 e. The molecule has 1 rings (SSSR count). The molecular weight excluding hydrogens is 234 g/mol. The van der Waals surface area contributed by atoms with Crippen LogP contribution in [-0.4, -0.2) is 19.4 Å². The highest BCUT2D eigenvalue weighted by Crippen LogP contribution is 2.17. The first-order valence-corrected chi connectivity index (χ1v) is 7.28. The van der Waals surface area contributed by atoms with Gasteiger partial charge < -0.3 is 4.90 Å². The molecule has 0 atom stereocenters. The van der Waals surface area contributed by atoms with E-state index in [0.717, 1.165) is 24.9 Å². The van der Waals surface area contributed by atoms with Crippen LogP contribution in [0.4, 0.5) is 5.69 Å². The zero-order chi connectivity index (χ0) is 13.9. The molecule has 0 unspecified atom stereocenters. The number of unbranched alkanes of at least 4 members (excludes halogenated alkanes) is 2. The van der Waals surface area contributed by atoms with Crippen molar-refractivity contribution in [2.24, 2.45) is 0 Å². The number of anilines is 1. The predicted molar refractivity (Wildman–Crippen MR) is 83.6 cm³/mol. The highest BCUT2D eigenvalue weighted by molar-refractivity contribution is 5.74. The van der Waals surface area contributed by atoms with Crippen LogP contribution < -0.4 is 4.90 Å². The van der Waals surface area contributed by atoms with Crippen LogP contribution in [0.5, 0.6) is 0 Å². The van der Waals surface area contributed by atoms with Gasteiger partial charge in [-0.25, -0.2) is 0 Å². The van der Waals surface area contributed by atoms with Gasteiger partial charge in [0.05, 0.1) is 0 Å². The first kappa shape index (κ1) is 15.5. The third-order valence-electron chi connectivity index (χ3n) is 3.19. The molecule has 0 bridgehead atoms. The van der Waals surface area contributed by atoms with Crippen LogP contribution in [0.15, 0.2) is 30.3 Å². The molecule has 0 amide bonds. The second-order valence-electron chi connectivity index (χ2n) is 4.78. The topological polar surface area (TPSA) is 20.3 Å². The first-order chi connectivity index (χ1) is 9.31. The van der Waals surface area contributed by atoms with Crippen molar-refractivity contribution in [1.29, 1.82) is 0 Å². The molecule has 2 nitrogen and oxygen atoms in total. The number of rotatable bonds is 9. The molecule has 104 valence electrons. The maximum absolute atomic E-state index is 10.3. The van der Waals surface area contributed by atoms with E-state index in [1.54, 1.807) is 0 Å². The molecular formula is C17H25NO. The largest absolute Gasteiger partial charge is 0.372 e. The number of allylic oxidation sites excluding steroid dienone is 1. The van der Waals surface area contributed by atoms with Crippen molar-refractivity contribution in [3.05, 3.63) is 35.9 Å². The van der Waals surface area contributed by atoms with Crippen molar-refractivity contribution < 1.29 is 4.79 Å². The van der Waals surface area contributed by atoms with E-state index in [-0.39, 0.29) is 0 Å². The Balaban J connectivity index is 2.71. The zero-order valence-electron chi connectivity index (χ0n) is 12.1. The van der Waals surface area contributed by atoms with Gasteiger partial charge in [-0.1, -0.05) is 44.9 Å². The van der Waals surface area contributed by atoms with Gasteiger partial charge >= 0.3 is 0 Å². The van der Waals surface area contributed by atoms with Crippen molar-refractivity contribution >= 4 is 18.0 Å². The molecule has 0 N–H and O–H groups in total. The average molecular weight is 259 g/mol. The van der Waals surface area contributed by atoms with Crippen LogP contribution in [0.3, 0.4) is 0 Å². The van der Waals surface area contributed by atoms with Crippen molar-refractivity contribution in [2.75, 3.05) is 18.0 Å². The number of nitrogens with zero attached hydrogens (tertiary/aromatic N) is 1. The number of aldehydes is 1. The zero-order valence-corrected chi connectivity index (χ0v) is 12.1. The Morgan fingerprint density at radius 2 is 1.58 bits per heavy atom. The van der Waals surface area contributed by atoms with Gasteiger partial charge in [-0.3, -0.25) is 4.79 Å². The normalized spacial score (nSPS) is 10.8. The fraction of sp³-hybridized carbons (Fsp3) is 0.471. The van der Waals surface area contributed by atoms with E-state index in [0.29, 0.717) is 0 Å². The molecule has 0 saturated carbocycles. The summed E-state index contributed by atoms with van der Waals surface area (Å²) in [5.41, 5.74) is 2.35. The molecule has 1 aromatic rings. The number of hydrogen-bond donors (Lipinski definition) is 0. The fourth-order valence-electron chi connectivity index (χ4n) is 2.01. The van der Waals surface area contributed by atoms with Crippen molar-refractivity contribution in [3.8, 4) is 0 Å². The standard InChI is InChI=1S/C17H25NO/c1-3-5-13-18(14-6-4-2)17-11-9-16(10-12-17)8-7-15-19/h7-12,15H,3-6,13-14H2,1-2H3/b8-7-. The molecule has 0 spiro atoms. The minimum atomic E-state index is 0.808. The molecule has 0 aliphatic carbocycles. The summed E-state index contributed by atoms with van der Waals surface area (Å²) >= 11 is 0. The Kier molecular flexibility index (Phi) is 7.64. The minimum Gasteiger partial charge on any atom is -0.372 e. The van der Waals surface area contributed by atoms with Crippen LogP contribution >= 0.6 is 0 Å². The van der Waals surface area contributed by atoms with Crippen molar-refractivity contribution in [1.82, 2.24) is 0 Å². The van der Waals surface area contributed by atoms with E-state index in [2.05, 4.69) is 43.0 Å². The summed E-state index contributed by atoms with van der Waals surface area (Å²) in [6.45, 7) is 6.71. The maximum Gasteiger partial charge on any atom is 0.142 e. The number of hydrogen-bond acceptors (Lipinski definition) is 2. The molecule has 0 fully saturated rings. The van der Waals surface area contributed by atoms with Crippen LogP contribution in [0, 0.1) is 0 Å². The monoisotopic (exact) mass is 259 g/mol. The molecule has 19 heavy (non-hydrogen) atoms. The van der Waals surface area contributed by atoms with E-state index in [1.807, 2.05) is 6.08 Å². The number of carbonyl (C=O) groups excluding carboxylic acids is 1. The SMILES string of the molecule is CCCCN(CCCC)c1ccc(/C=C\C=O)cc1. The minimum absolute atomic E-state index is 0.808. The maximum atomic E-state index is 10.3. The third kappa shape index (κ3) is 5.73. The summed E-state index contributed by atoms with van der Waals surface area (Å²) in [5.74, 6) is 0.